The van der Waals surface area contributed by atoms with E-state index in [4.69, 9.17) is 0 Å². The first kappa shape index (κ1) is 13.2. The van der Waals surface area contributed by atoms with Crippen LogP contribution in [0.15, 0.2) is 30.7 Å². The van der Waals surface area contributed by atoms with Crippen LogP contribution >= 0.6 is 0 Å². The first-order valence-corrected chi connectivity index (χ1v) is 5.83. The molecule has 0 aliphatic heterocycles. The summed E-state index contributed by atoms with van der Waals surface area (Å²) in [5, 5.41) is 5.41. The number of nitrogens with one attached hydrogen (secondary N) is 2. The first-order chi connectivity index (χ1) is 9.11. The van der Waals surface area contributed by atoms with Gasteiger partial charge in [-0.3, -0.25) is 4.79 Å². The van der Waals surface area contributed by atoms with Crippen molar-refractivity contribution in [2.75, 3.05) is 12.4 Å². The Labute approximate surface area is 110 Å². The number of carbonyl (C=O) groups is 1. The van der Waals surface area contributed by atoms with E-state index in [0.717, 1.165) is 0 Å². The van der Waals surface area contributed by atoms with Gasteiger partial charge in [-0.2, -0.15) is 0 Å². The molecule has 0 atom stereocenters. The highest BCUT2D eigenvalue weighted by Gasteiger charge is 2.15. The zero-order valence-electron chi connectivity index (χ0n) is 10.8. The van der Waals surface area contributed by atoms with Gasteiger partial charge in [-0.05, 0) is 13.1 Å². The minimum absolute atomic E-state index is 0.0124. The molecule has 0 bridgehead atoms. The van der Waals surface area contributed by atoms with Crippen molar-refractivity contribution >= 4 is 11.7 Å². The number of aryl methyl sites for hydroxylation is 1. The number of imidazole rings is 1. The van der Waals surface area contributed by atoms with E-state index in [1.165, 1.54) is 6.07 Å². The number of hydrogen-bond acceptors (Lipinski definition) is 3. The number of amides is 1. The lowest BCUT2D eigenvalue weighted by Gasteiger charge is -2.07. The van der Waals surface area contributed by atoms with Crippen molar-refractivity contribution < 1.29 is 9.18 Å². The second-order valence-corrected chi connectivity index (χ2v) is 4.19. The summed E-state index contributed by atoms with van der Waals surface area (Å²) >= 11 is 0. The Morgan fingerprint density at radius 3 is 2.89 bits per heavy atom. The van der Waals surface area contributed by atoms with Crippen LogP contribution in [0.5, 0.6) is 0 Å². The summed E-state index contributed by atoms with van der Waals surface area (Å²) in [6, 6.07) is 4.75. The van der Waals surface area contributed by atoms with Gasteiger partial charge in [-0.25, -0.2) is 9.37 Å². The Kier molecular flexibility index (Phi) is 3.91. The summed E-state index contributed by atoms with van der Waals surface area (Å²) in [6.45, 7) is 0.372. The molecule has 0 radical (unpaired) electrons. The van der Waals surface area contributed by atoms with Crippen LogP contribution in [0.2, 0.25) is 0 Å². The largest absolute Gasteiger partial charge is 0.338 e. The van der Waals surface area contributed by atoms with Crippen molar-refractivity contribution in [3.63, 3.8) is 0 Å². The van der Waals surface area contributed by atoms with Crippen LogP contribution in [-0.2, 0) is 13.6 Å². The molecule has 5 nitrogen and oxygen atoms in total. The Balaban J connectivity index is 2.21. The number of hydrogen-bond donors (Lipinski definition) is 2. The van der Waals surface area contributed by atoms with Crippen LogP contribution in [0.25, 0.3) is 0 Å². The third-order valence-corrected chi connectivity index (χ3v) is 2.64. The molecule has 0 fully saturated rings. The monoisotopic (exact) mass is 262 g/mol. The summed E-state index contributed by atoms with van der Waals surface area (Å²) in [5.41, 5.74) is 0.467. The van der Waals surface area contributed by atoms with Crippen molar-refractivity contribution in [2.24, 2.45) is 7.05 Å². The van der Waals surface area contributed by atoms with Crippen LogP contribution in [0.1, 0.15) is 15.9 Å². The van der Waals surface area contributed by atoms with Gasteiger partial charge in [0.25, 0.3) is 5.91 Å². The number of halogens is 1. The van der Waals surface area contributed by atoms with E-state index in [9.17, 15) is 9.18 Å². The van der Waals surface area contributed by atoms with Gasteiger partial charge >= 0.3 is 0 Å². The van der Waals surface area contributed by atoms with E-state index in [1.54, 1.807) is 43.3 Å². The van der Waals surface area contributed by atoms with Gasteiger partial charge < -0.3 is 15.2 Å². The summed E-state index contributed by atoms with van der Waals surface area (Å²) in [4.78, 5) is 15.9. The average molecular weight is 262 g/mol. The predicted molar refractivity (Wildman–Crippen MR) is 70.3 cm³/mol. The molecule has 1 aromatic carbocycles. The van der Waals surface area contributed by atoms with E-state index in [0.29, 0.717) is 17.9 Å². The molecule has 6 heteroatoms. The number of carbonyl (C=O) groups excluding carboxylic acids is 1. The fourth-order valence-electron chi connectivity index (χ4n) is 1.74. The fourth-order valence-corrected chi connectivity index (χ4v) is 1.74. The molecule has 0 aliphatic rings. The zero-order valence-corrected chi connectivity index (χ0v) is 10.8. The Hall–Kier alpha value is -2.21. The lowest BCUT2D eigenvalue weighted by atomic mass is 10.1. The molecule has 0 aliphatic carbocycles. The van der Waals surface area contributed by atoms with Crippen molar-refractivity contribution in [2.45, 2.75) is 6.54 Å². The Bertz CT molecular complexity index is 594. The van der Waals surface area contributed by atoms with Gasteiger partial charge in [-0.1, -0.05) is 12.1 Å². The summed E-state index contributed by atoms with van der Waals surface area (Å²) in [5.74, 6) is -0.620. The smallest absolute Gasteiger partial charge is 0.259 e. The predicted octanol–water partition coefficient (Wildman–Crippen LogP) is 1.53. The highest BCUT2D eigenvalue weighted by molar-refractivity contribution is 6.04. The van der Waals surface area contributed by atoms with Gasteiger partial charge in [0.05, 0.1) is 11.9 Å². The summed E-state index contributed by atoms with van der Waals surface area (Å²) in [6.07, 6.45) is 3.21. The molecule has 100 valence electrons. The quantitative estimate of drug-likeness (QED) is 0.878. The molecule has 19 heavy (non-hydrogen) atoms. The average Bonchev–Trinajstić information content (AvgIpc) is 2.77. The molecular weight excluding hydrogens is 247 g/mol. The number of rotatable bonds is 4. The first-order valence-electron chi connectivity index (χ1n) is 5.83. The number of benzene rings is 1. The zero-order chi connectivity index (χ0) is 13.8. The van der Waals surface area contributed by atoms with E-state index in [1.807, 2.05) is 0 Å². The molecule has 2 aromatic rings. The maximum atomic E-state index is 14.1. The van der Waals surface area contributed by atoms with Crippen LogP contribution in [0, 0.1) is 5.82 Å². The van der Waals surface area contributed by atoms with E-state index in [-0.39, 0.29) is 5.56 Å². The van der Waals surface area contributed by atoms with Crippen LogP contribution in [-0.4, -0.2) is 22.5 Å². The fraction of sp³-hybridized carbons (Fsp3) is 0.231. The molecule has 1 aromatic heterocycles. The van der Waals surface area contributed by atoms with Crippen LogP contribution < -0.4 is 10.6 Å². The minimum Gasteiger partial charge on any atom is -0.338 e. The summed E-state index contributed by atoms with van der Waals surface area (Å²) in [7, 11) is 3.51. The molecule has 0 spiro atoms. The Morgan fingerprint density at radius 2 is 2.26 bits per heavy atom. The Morgan fingerprint density at radius 1 is 1.47 bits per heavy atom. The molecule has 2 N–H and O–H groups in total. The molecule has 1 amide bonds. The number of anilines is 1. The van der Waals surface area contributed by atoms with Gasteiger partial charge in [0.15, 0.2) is 5.82 Å². The van der Waals surface area contributed by atoms with Crippen LogP contribution in [0.3, 0.4) is 0 Å². The topological polar surface area (TPSA) is 59.0 Å². The molecule has 0 unspecified atom stereocenters. The SMILES string of the molecule is CNCc1cccc(C(=O)Nc2cn(C)cn2)c1F. The van der Waals surface area contributed by atoms with Gasteiger partial charge in [0.1, 0.15) is 5.82 Å². The highest BCUT2D eigenvalue weighted by Crippen LogP contribution is 2.14. The number of aromatic nitrogens is 2. The highest BCUT2D eigenvalue weighted by atomic mass is 19.1. The lowest BCUT2D eigenvalue weighted by Crippen LogP contribution is -2.16. The van der Waals surface area contributed by atoms with E-state index in [2.05, 4.69) is 15.6 Å². The lowest BCUT2D eigenvalue weighted by molar-refractivity contribution is 0.102. The molecular formula is C13H15FN4O. The molecule has 0 saturated heterocycles. The third kappa shape index (κ3) is 2.97. The van der Waals surface area contributed by atoms with Crippen molar-refractivity contribution in [1.29, 1.82) is 0 Å². The van der Waals surface area contributed by atoms with Crippen LogP contribution in [0.4, 0.5) is 10.2 Å². The van der Waals surface area contributed by atoms with Gasteiger partial charge in [0.2, 0.25) is 0 Å². The van der Waals surface area contributed by atoms with E-state index < -0.39 is 11.7 Å². The normalized spacial score (nSPS) is 10.5. The van der Waals surface area contributed by atoms with Crippen molar-refractivity contribution in [3.8, 4) is 0 Å². The van der Waals surface area contributed by atoms with E-state index >= 15 is 0 Å². The maximum absolute atomic E-state index is 14.1. The number of nitrogens with zero attached hydrogens (tertiary/aromatic N) is 2. The second kappa shape index (κ2) is 5.62. The minimum atomic E-state index is -0.509. The third-order valence-electron chi connectivity index (χ3n) is 2.64. The summed E-state index contributed by atoms with van der Waals surface area (Å²) < 4.78 is 15.8. The molecule has 0 saturated carbocycles. The standard InChI is InChI=1S/C13H15FN4O/c1-15-6-9-4-3-5-10(12(9)14)13(19)17-11-7-18(2)8-16-11/h3-5,7-8,15H,6H2,1-2H3,(H,17,19). The molecule has 2 rings (SSSR count). The van der Waals surface area contributed by atoms with Crippen molar-refractivity contribution in [3.05, 3.63) is 47.7 Å². The second-order valence-electron chi connectivity index (χ2n) is 4.19. The van der Waals surface area contributed by atoms with Crippen molar-refractivity contribution in [1.82, 2.24) is 14.9 Å². The maximum Gasteiger partial charge on any atom is 0.259 e. The van der Waals surface area contributed by atoms with Gasteiger partial charge in [-0.15, -0.1) is 0 Å². The molecule has 1 heterocycles. The van der Waals surface area contributed by atoms with Gasteiger partial charge in [0, 0.05) is 25.4 Å².